The van der Waals surface area contributed by atoms with Crippen LogP contribution in [-0.4, -0.2) is 46.7 Å². The van der Waals surface area contributed by atoms with E-state index in [1.165, 1.54) is 16.4 Å². The maximum atomic E-state index is 13.3. The third kappa shape index (κ3) is 4.42. The van der Waals surface area contributed by atoms with Crippen molar-refractivity contribution in [1.82, 2.24) is 19.3 Å². The Morgan fingerprint density at radius 3 is 2.56 bits per heavy atom. The summed E-state index contributed by atoms with van der Waals surface area (Å²) in [6.07, 6.45) is 4.78. The molecule has 0 unspecified atom stereocenters. The standard InChI is InChI=1S/C22H25N5O4S/c1-26(16-9-3-2-4-10-16)32(30,31)20-14-8-7-13-19(20)23-21(28)15-27-22(29)17-11-5-6-12-18(17)24-25-27/h5-8,11-14,16H,2-4,9-10,15H2,1H3,(H,23,28). The van der Waals surface area contributed by atoms with Gasteiger partial charge in [0.2, 0.25) is 15.9 Å². The number of carbonyl (C=O) groups excluding carboxylic acids is 1. The number of sulfonamides is 1. The van der Waals surface area contributed by atoms with Crippen molar-refractivity contribution >= 4 is 32.5 Å². The van der Waals surface area contributed by atoms with Gasteiger partial charge in [0.05, 0.1) is 11.1 Å². The molecular formula is C22H25N5O4S. The lowest BCUT2D eigenvalue weighted by atomic mass is 9.96. The average molecular weight is 456 g/mol. The van der Waals surface area contributed by atoms with Crippen LogP contribution in [0.2, 0.25) is 0 Å². The number of fused-ring (bicyclic) bond motifs is 1. The van der Waals surface area contributed by atoms with Gasteiger partial charge in [0, 0.05) is 13.1 Å². The lowest BCUT2D eigenvalue weighted by molar-refractivity contribution is -0.117. The lowest BCUT2D eigenvalue weighted by Crippen LogP contribution is -2.38. The summed E-state index contributed by atoms with van der Waals surface area (Å²) in [7, 11) is -2.21. The van der Waals surface area contributed by atoms with Crippen molar-refractivity contribution in [3.63, 3.8) is 0 Å². The summed E-state index contributed by atoms with van der Waals surface area (Å²) in [6, 6.07) is 13.0. The summed E-state index contributed by atoms with van der Waals surface area (Å²) in [5.41, 5.74) is 0.169. The molecular weight excluding hydrogens is 430 g/mol. The molecule has 168 valence electrons. The number of anilines is 1. The molecule has 0 spiro atoms. The molecule has 0 atom stereocenters. The van der Waals surface area contributed by atoms with Crippen LogP contribution in [0.4, 0.5) is 5.69 Å². The van der Waals surface area contributed by atoms with E-state index in [0.717, 1.165) is 36.8 Å². The number of benzene rings is 2. The van der Waals surface area contributed by atoms with Crippen molar-refractivity contribution in [1.29, 1.82) is 0 Å². The van der Waals surface area contributed by atoms with E-state index in [1.807, 2.05) is 0 Å². The second-order valence-corrected chi connectivity index (χ2v) is 9.89. The Morgan fingerprint density at radius 2 is 1.78 bits per heavy atom. The summed E-state index contributed by atoms with van der Waals surface area (Å²) < 4.78 is 29.0. The molecule has 3 aromatic rings. The van der Waals surface area contributed by atoms with Gasteiger partial charge in [-0.25, -0.2) is 13.1 Å². The smallest absolute Gasteiger partial charge is 0.278 e. The van der Waals surface area contributed by atoms with Gasteiger partial charge in [0.25, 0.3) is 5.56 Å². The highest BCUT2D eigenvalue weighted by Crippen LogP contribution is 2.29. The number of para-hydroxylation sites is 1. The maximum absolute atomic E-state index is 13.3. The van der Waals surface area contributed by atoms with Crippen molar-refractivity contribution in [3.05, 3.63) is 58.9 Å². The highest BCUT2D eigenvalue weighted by atomic mass is 32.2. The van der Waals surface area contributed by atoms with Gasteiger partial charge in [0.1, 0.15) is 17.0 Å². The summed E-state index contributed by atoms with van der Waals surface area (Å²) in [5.74, 6) is -0.570. The molecule has 1 N–H and O–H groups in total. The first kappa shape index (κ1) is 22.1. The molecule has 10 heteroatoms. The minimum atomic E-state index is -3.80. The van der Waals surface area contributed by atoms with Crippen molar-refractivity contribution < 1.29 is 13.2 Å². The van der Waals surface area contributed by atoms with E-state index in [2.05, 4.69) is 15.6 Å². The van der Waals surface area contributed by atoms with E-state index in [4.69, 9.17) is 0 Å². The van der Waals surface area contributed by atoms with Crippen molar-refractivity contribution in [3.8, 4) is 0 Å². The molecule has 1 amide bonds. The van der Waals surface area contributed by atoms with Gasteiger partial charge in [-0.2, -0.15) is 4.31 Å². The van der Waals surface area contributed by atoms with Gasteiger partial charge < -0.3 is 5.32 Å². The fourth-order valence-corrected chi connectivity index (χ4v) is 5.60. The molecule has 9 nitrogen and oxygen atoms in total. The topological polar surface area (TPSA) is 114 Å². The van der Waals surface area contributed by atoms with Gasteiger partial charge in [-0.15, -0.1) is 5.10 Å². The van der Waals surface area contributed by atoms with E-state index in [-0.39, 0.29) is 23.2 Å². The van der Waals surface area contributed by atoms with Crippen molar-refractivity contribution in [2.24, 2.45) is 0 Å². The van der Waals surface area contributed by atoms with Gasteiger partial charge in [-0.05, 0) is 37.1 Å². The zero-order valence-corrected chi connectivity index (χ0v) is 18.6. The predicted octanol–water partition coefficient (Wildman–Crippen LogP) is 2.38. The van der Waals surface area contributed by atoms with E-state index in [0.29, 0.717) is 10.9 Å². The summed E-state index contributed by atoms with van der Waals surface area (Å²) >= 11 is 0. The normalized spacial score (nSPS) is 15.2. The number of aromatic nitrogens is 3. The second kappa shape index (κ2) is 9.17. The molecule has 1 aliphatic carbocycles. The molecule has 2 aromatic carbocycles. The van der Waals surface area contributed by atoms with E-state index < -0.39 is 21.5 Å². The number of carbonyl (C=O) groups is 1. The van der Waals surface area contributed by atoms with Crippen LogP contribution in [0.3, 0.4) is 0 Å². The number of hydrogen-bond acceptors (Lipinski definition) is 6. The highest BCUT2D eigenvalue weighted by molar-refractivity contribution is 7.89. The number of nitrogens with zero attached hydrogens (tertiary/aromatic N) is 4. The van der Waals surface area contributed by atoms with E-state index in [1.54, 1.807) is 43.4 Å². The Labute approximate surface area is 186 Å². The van der Waals surface area contributed by atoms with E-state index in [9.17, 15) is 18.0 Å². The van der Waals surface area contributed by atoms with Crippen LogP contribution in [0.5, 0.6) is 0 Å². The van der Waals surface area contributed by atoms with Crippen molar-refractivity contribution in [2.75, 3.05) is 12.4 Å². The SMILES string of the molecule is CN(C1CCCCC1)S(=O)(=O)c1ccccc1NC(=O)Cn1nnc2ccccc2c1=O. The fourth-order valence-electron chi connectivity index (χ4n) is 4.04. The molecule has 1 aliphatic rings. The van der Waals surface area contributed by atoms with Gasteiger partial charge in [0.15, 0.2) is 0 Å². The monoisotopic (exact) mass is 455 g/mol. The Hall–Kier alpha value is -3.11. The first-order valence-corrected chi connectivity index (χ1v) is 12.0. The first-order valence-electron chi connectivity index (χ1n) is 10.6. The van der Waals surface area contributed by atoms with Crippen LogP contribution in [0.25, 0.3) is 10.9 Å². The molecule has 0 radical (unpaired) electrons. The summed E-state index contributed by atoms with van der Waals surface area (Å²) in [4.78, 5) is 25.3. The largest absolute Gasteiger partial charge is 0.323 e. The predicted molar refractivity (Wildman–Crippen MR) is 121 cm³/mol. The maximum Gasteiger partial charge on any atom is 0.278 e. The summed E-state index contributed by atoms with van der Waals surface area (Å²) in [5, 5.41) is 10.8. The Morgan fingerprint density at radius 1 is 1.09 bits per heavy atom. The zero-order valence-electron chi connectivity index (χ0n) is 17.8. The Balaban J connectivity index is 1.56. The number of amides is 1. The number of rotatable bonds is 6. The first-order chi connectivity index (χ1) is 15.4. The molecule has 1 heterocycles. The molecule has 0 saturated heterocycles. The van der Waals surface area contributed by atoms with Crippen LogP contribution in [-0.2, 0) is 21.4 Å². The van der Waals surface area contributed by atoms with Gasteiger partial charge in [-0.3, -0.25) is 9.59 Å². The minimum absolute atomic E-state index is 0.0263. The quantitative estimate of drug-likeness (QED) is 0.610. The molecule has 1 saturated carbocycles. The van der Waals surface area contributed by atoms with E-state index >= 15 is 0 Å². The fraction of sp³-hybridized carbons (Fsp3) is 0.364. The molecule has 4 rings (SSSR count). The van der Waals surface area contributed by atoms with Crippen LogP contribution < -0.4 is 10.9 Å². The van der Waals surface area contributed by atoms with Crippen LogP contribution >= 0.6 is 0 Å². The second-order valence-electron chi connectivity index (χ2n) is 7.93. The Kier molecular flexibility index (Phi) is 6.33. The lowest BCUT2D eigenvalue weighted by Gasteiger charge is -2.30. The molecule has 0 bridgehead atoms. The van der Waals surface area contributed by atoms with Gasteiger partial charge >= 0.3 is 0 Å². The number of nitrogens with one attached hydrogen (secondary N) is 1. The van der Waals surface area contributed by atoms with Gasteiger partial charge in [-0.1, -0.05) is 48.7 Å². The highest BCUT2D eigenvalue weighted by Gasteiger charge is 2.31. The molecule has 1 aromatic heterocycles. The van der Waals surface area contributed by atoms with Crippen LogP contribution in [0, 0.1) is 0 Å². The zero-order chi connectivity index (χ0) is 22.7. The molecule has 1 fully saturated rings. The average Bonchev–Trinajstić information content (AvgIpc) is 2.81. The summed E-state index contributed by atoms with van der Waals surface area (Å²) in [6.45, 7) is -0.385. The van der Waals surface area contributed by atoms with Crippen molar-refractivity contribution in [2.45, 2.75) is 49.6 Å². The number of hydrogen-bond donors (Lipinski definition) is 1. The van der Waals surface area contributed by atoms with Crippen LogP contribution in [0.15, 0.2) is 58.2 Å². The third-order valence-corrected chi connectivity index (χ3v) is 7.80. The molecule has 32 heavy (non-hydrogen) atoms. The molecule has 0 aliphatic heterocycles. The van der Waals surface area contributed by atoms with Crippen LogP contribution in [0.1, 0.15) is 32.1 Å². The third-order valence-electron chi connectivity index (χ3n) is 5.83. The minimum Gasteiger partial charge on any atom is -0.323 e. The Bertz CT molecular complexity index is 1300.